The van der Waals surface area contributed by atoms with Crippen molar-refractivity contribution in [1.82, 2.24) is 5.32 Å². The molecule has 5 heteroatoms. The van der Waals surface area contributed by atoms with Crippen LogP contribution in [0.15, 0.2) is 24.3 Å². The van der Waals surface area contributed by atoms with Gasteiger partial charge < -0.3 is 11.1 Å². The molecule has 114 valence electrons. The normalized spacial score (nSPS) is 9.90. The molecule has 0 radical (unpaired) electrons. The Kier molecular flexibility index (Phi) is 11.5. The highest BCUT2D eigenvalue weighted by Crippen LogP contribution is 2.10. The van der Waals surface area contributed by atoms with E-state index in [2.05, 4.69) is 5.32 Å². The lowest BCUT2D eigenvalue weighted by atomic mass is 10.1. The van der Waals surface area contributed by atoms with Crippen molar-refractivity contribution in [2.24, 2.45) is 5.73 Å². The lowest BCUT2D eigenvalue weighted by Crippen LogP contribution is -2.25. The number of unbranched alkanes of at least 4 members (excludes halogenated alkanes) is 3. The van der Waals surface area contributed by atoms with Crippen LogP contribution in [0, 0.1) is 0 Å². The number of carbonyl (C=O) groups excluding carboxylic acids is 1. The number of amides is 1. The van der Waals surface area contributed by atoms with E-state index in [1.807, 2.05) is 24.3 Å². The van der Waals surface area contributed by atoms with Gasteiger partial charge in [-0.2, -0.15) is 0 Å². The summed E-state index contributed by atoms with van der Waals surface area (Å²) in [4.78, 5) is 11.6. The standard InChI is InChI=1S/C15H23ClN2O.ClH/c16-14-7-5-6-13(12-14)9-11-18-15(19)8-3-1-2-4-10-17;/h5-7,12H,1-4,8-11,17H2,(H,18,19);1H. The molecular formula is C15H24Cl2N2O. The summed E-state index contributed by atoms with van der Waals surface area (Å²) in [6, 6.07) is 7.73. The van der Waals surface area contributed by atoms with Gasteiger partial charge in [-0.3, -0.25) is 4.79 Å². The highest BCUT2D eigenvalue weighted by molar-refractivity contribution is 6.30. The van der Waals surface area contributed by atoms with Crippen LogP contribution >= 0.6 is 24.0 Å². The minimum absolute atomic E-state index is 0. The Morgan fingerprint density at radius 2 is 1.95 bits per heavy atom. The minimum Gasteiger partial charge on any atom is -0.356 e. The average Bonchev–Trinajstić information content (AvgIpc) is 2.38. The molecule has 1 rings (SSSR count). The summed E-state index contributed by atoms with van der Waals surface area (Å²) in [5.41, 5.74) is 6.56. The summed E-state index contributed by atoms with van der Waals surface area (Å²) in [7, 11) is 0. The van der Waals surface area contributed by atoms with Gasteiger partial charge >= 0.3 is 0 Å². The fourth-order valence-electron chi connectivity index (χ4n) is 1.91. The summed E-state index contributed by atoms with van der Waals surface area (Å²) >= 11 is 5.90. The quantitative estimate of drug-likeness (QED) is 0.686. The van der Waals surface area contributed by atoms with Crippen molar-refractivity contribution in [3.05, 3.63) is 34.9 Å². The predicted molar refractivity (Wildman–Crippen MR) is 87.6 cm³/mol. The molecule has 1 aromatic carbocycles. The summed E-state index contributed by atoms with van der Waals surface area (Å²) in [6.45, 7) is 1.41. The van der Waals surface area contributed by atoms with Gasteiger partial charge in [-0.25, -0.2) is 0 Å². The molecule has 0 aliphatic rings. The average molecular weight is 319 g/mol. The maximum atomic E-state index is 11.6. The molecule has 20 heavy (non-hydrogen) atoms. The van der Waals surface area contributed by atoms with Crippen molar-refractivity contribution in [3.8, 4) is 0 Å². The minimum atomic E-state index is 0. The van der Waals surface area contributed by atoms with Crippen LogP contribution in [0.2, 0.25) is 5.02 Å². The number of nitrogens with one attached hydrogen (secondary N) is 1. The molecule has 0 aliphatic heterocycles. The van der Waals surface area contributed by atoms with Crippen LogP contribution in [0.25, 0.3) is 0 Å². The predicted octanol–water partition coefficient (Wildman–Crippen LogP) is 3.33. The third-order valence-electron chi connectivity index (χ3n) is 2.98. The zero-order valence-corrected chi connectivity index (χ0v) is 13.3. The van der Waals surface area contributed by atoms with E-state index >= 15 is 0 Å². The van der Waals surface area contributed by atoms with Crippen LogP contribution in [-0.2, 0) is 11.2 Å². The first-order valence-electron chi connectivity index (χ1n) is 6.93. The van der Waals surface area contributed by atoms with Crippen molar-refractivity contribution < 1.29 is 4.79 Å². The van der Waals surface area contributed by atoms with Crippen molar-refractivity contribution in [2.45, 2.75) is 38.5 Å². The molecule has 3 N–H and O–H groups in total. The van der Waals surface area contributed by atoms with Gasteiger partial charge in [0.15, 0.2) is 0 Å². The molecule has 0 saturated heterocycles. The van der Waals surface area contributed by atoms with Gasteiger partial charge in [0.25, 0.3) is 0 Å². The number of hydrogen-bond donors (Lipinski definition) is 2. The zero-order valence-electron chi connectivity index (χ0n) is 11.7. The largest absolute Gasteiger partial charge is 0.356 e. The second kappa shape index (κ2) is 12.0. The van der Waals surface area contributed by atoms with Gasteiger partial charge in [0.1, 0.15) is 0 Å². The SMILES string of the molecule is Cl.NCCCCCCC(=O)NCCc1cccc(Cl)c1. The smallest absolute Gasteiger partial charge is 0.220 e. The summed E-state index contributed by atoms with van der Waals surface area (Å²) in [5.74, 6) is 0.134. The Morgan fingerprint density at radius 3 is 2.65 bits per heavy atom. The number of benzene rings is 1. The molecule has 1 aromatic rings. The number of carbonyl (C=O) groups is 1. The second-order valence-electron chi connectivity index (χ2n) is 4.68. The monoisotopic (exact) mass is 318 g/mol. The van der Waals surface area contributed by atoms with E-state index in [1.165, 1.54) is 0 Å². The molecule has 0 unspecified atom stereocenters. The fraction of sp³-hybridized carbons (Fsp3) is 0.533. The van der Waals surface area contributed by atoms with Crippen LogP contribution in [0.5, 0.6) is 0 Å². The van der Waals surface area contributed by atoms with Crippen LogP contribution < -0.4 is 11.1 Å². The first-order chi connectivity index (χ1) is 9.22. The van der Waals surface area contributed by atoms with Crippen LogP contribution in [0.4, 0.5) is 0 Å². The van der Waals surface area contributed by atoms with E-state index in [4.69, 9.17) is 17.3 Å². The molecular weight excluding hydrogens is 295 g/mol. The van der Waals surface area contributed by atoms with E-state index in [-0.39, 0.29) is 18.3 Å². The highest BCUT2D eigenvalue weighted by Gasteiger charge is 2.01. The van der Waals surface area contributed by atoms with Gasteiger partial charge in [-0.05, 0) is 43.5 Å². The fourth-order valence-corrected chi connectivity index (χ4v) is 2.12. The zero-order chi connectivity index (χ0) is 13.9. The van der Waals surface area contributed by atoms with Crippen LogP contribution in [0.1, 0.15) is 37.7 Å². The van der Waals surface area contributed by atoms with Crippen molar-refractivity contribution in [3.63, 3.8) is 0 Å². The molecule has 0 spiro atoms. The molecule has 0 bridgehead atoms. The third kappa shape index (κ3) is 9.18. The van der Waals surface area contributed by atoms with Crippen LogP contribution in [0.3, 0.4) is 0 Å². The van der Waals surface area contributed by atoms with Crippen molar-refractivity contribution in [1.29, 1.82) is 0 Å². The first-order valence-corrected chi connectivity index (χ1v) is 7.31. The maximum absolute atomic E-state index is 11.6. The number of rotatable bonds is 9. The van der Waals surface area contributed by atoms with Crippen LogP contribution in [-0.4, -0.2) is 19.0 Å². The molecule has 0 saturated carbocycles. The van der Waals surface area contributed by atoms with Crippen molar-refractivity contribution >= 4 is 29.9 Å². The Labute approximate surface area is 132 Å². The number of nitrogens with two attached hydrogens (primary N) is 1. The number of halogens is 2. The lowest BCUT2D eigenvalue weighted by molar-refractivity contribution is -0.121. The molecule has 0 aliphatic carbocycles. The van der Waals surface area contributed by atoms with Gasteiger partial charge in [0.2, 0.25) is 5.91 Å². The molecule has 0 heterocycles. The van der Waals surface area contributed by atoms with Gasteiger partial charge in [-0.1, -0.05) is 36.6 Å². The number of hydrogen-bond acceptors (Lipinski definition) is 2. The van der Waals surface area contributed by atoms with E-state index in [1.54, 1.807) is 0 Å². The summed E-state index contributed by atoms with van der Waals surface area (Å²) in [6.07, 6.45) is 5.63. The second-order valence-corrected chi connectivity index (χ2v) is 5.12. The summed E-state index contributed by atoms with van der Waals surface area (Å²) in [5, 5.41) is 3.67. The molecule has 3 nitrogen and oxygen atoms in total. The van der Waals surface area contributed by atoms with Gasteiger partial charge in [-0.15, -0.1) is 12.4 Å². The Balaban J connectivity index is 0.00000361. The van der Waals surface area contributed by atoms with Crippen molar-refractivity contribution in [2.75, 3.05) is 13.1 Å². The molecule has 1 amide bonds. The van der Waals surface area contributed by atoms with E-state index in [9.17, 15) is 4.79 Å². The topological polar surface area (TPSA) is 55.1 Å². The van der Waals surface area contributed by atoms with E-state index in [0.29, 0.717) is 13.0 Å². The van der Waals surface area contributed by atoms with E-state index in [0.717, 1.165) is 49.2 Å². The summed E-state index contributed by atoms with van der Waals surface area (Å²) < 4.78 is 0. The lowest BCUT2D eigenvalue weighted by Gasteiger charge is -2.05. The van der Waals surface area contributed by atoms with Gasteiger partial charge in [0, 0.05) is 18.0 Å². The Morgan fingerprint density at radius 1 is 1.20 bits per heavy atom. The molecule has 0 atom stereocenters. The maximum Gasteiger partial charge on any atom is 0.220 e. The Bertz CT molecular complexity index is 386. The third-order valence-corrected chi connectivity index (χ3v) is 3.22. The van der Waals surface area contributed by atoms with Gasteiger partial charge in [0.05, 0.1) is 0 Å². The molecule has 0 fully saturated rings. The highest BCUT2D eigenvalue weighted by atomic mass is 35.5. The first kappa shape index (κ1) is 19.2. The Hall–Kier alpha value is -0.770. The van der Waals surface area contributed by atoms with E-state index < -0.39 is 0 Å². The molecule has 0 aromatic heterocycles.